The minimum Gasteiger partial charge on any atom is -0.497 e. The van der Waals surface area contributed by atoms with Crippen LogP contribution in [-0.4, -0.2) is 44.1 Å². The van der Waals surface area contributed by atoms with Gasteiger partial charge in [0.05, 0.1) is 30.5 Å². The van der Waals surface area contributed by atoms with E-state index in [1.165, 1.54) is 4.57 Å². The first kappa shape index (κ1) is 21.3. The molecule has 0 aliphatic carbocycles. The first-order valence-electron chi connectivity index (χ1n) is 10.7. The molecule has 0 atom stereocenters. The first-order valence-corrected chi connectivity index (χ1v) is 10.7. The van der Waals surface area contributed by atoms with E-state index in [0.717, 1.165) is 22.6 Å². The average Bonchev–Trinajstić information content (AvgIpc) is 3.21. The summed E-state index contributed by atoms with van der Waals surface area (Å²) in [5, 5.41) is 13.2. The lowest BCUT2D eigenvalue weighted by atomic mass is 10.1. The van der Waals surface area contributed by atoms with Crippen molar-refractivity contribution in [3.05, 3.63) is 82.4 Å². The Labute approximate surface area is 194 Å². The number of carbonyl (C=O) groups excluding carboxylic acids is 1. The number of methoxy groups -OCH3 is 1. The van der Waals surface area contributed by atoms with Gasteiger partial charge in [0.2, 0.25) is 0 Å². The average molecular weight is 455 g/mol. The summed E-state index contributed by atoms with van der Waals surface area (Å²) < 4.78 is 13.4. The number of pyridine rings is 1. The smallest absolute Gasteiger partial charge is 0.338 e. The first-order chi connectivity index (χ1) is 16.5. The Morgan fingerprint density at radius 3 is 2.41 bits per heavy atom. The van der Waals surface area contributed by atoms with Crippen LogP contribution in [0.15, 0.2) is 65.6 Å². The summed E-state index contributed by atoms with van der Waals surface area (Å²) in [5.74, 6) is 0.347. The molecule has 0 aliphatic heterocycles. The zero-order valence-corrected chi connectivity index (χ0v) is 18.8. The summed E-state index contributed by atoms with van der Waals surface area (Å²) in [6.45, 7) is 3.94. The van der Waals surface area contributed by atoms with Crippen molar-refractivity contribution in [3.63, 3.8) is 0 Å². The van der Waals surface area contributed by atoms with Crippen molar-refractivity contribution in [1.82, 2.24) is 24.4 Å². The maximum Gasteiger partial charge on any atom is 0.338 e. The van der Waals surface area contributed by atoms with Crippen LogP contribution >= 0.6 is 0 Å². The van der Waals surface area contributed by atoms with Crippen LogP contribution in [0.2, 0.25) is 0 Å². The molecular formula is C25H21N5O4. The molecule has 9 heteroatoms. The monoisotopic (exact) mass is 455 g/mol. The number of hydrogen-bond donors (Lipinski definition) is 0. The molecule has 5 aromatic rings. The van der Waals surface area contributed by atoms with Gasteiger partial charge < -0.3 is 9.47 Å². The van der Waals surface area contributed by atoms with Crippen LogP contribution in [0.5, 0.6) is 5.75 Å². The Morgan fingerprint density at radius 2 is 1.74 bits per heavy atom. The van der Waals surface area contributed by atoms with Crippen molar-refractivity contribution in [2.75, 3.05) is 13.7 Å². The molecule has 0 bridgehead atoms. The zero-order valence-electron chi connectivity index (χ0n) is 18.8. The molecular weight excluding hydrogens is 434 g/mol. The van der Waals surface area contributed by atoms with Crippen molar-refractivity contribution in [1.29, 1.82) is 0 Å². The van der Waals surface area contributed by atoms with Crippen molar-refractivity contribution in [3.8, 4) is 22.6 Å². The molecule has 3 heterocycles. The highest BCUT2D eigenvalue weighted by atomic mass is 16.5. The van der Waals surface area contributed by atoms with Gasteiger partial charge in [0.25, 0.3) is 5.56 Å². The second-order valence-electron chi connectivity index (χ2n) is 7.62. The molecule has 0 saturated carbocycles. The second kappa shape index (κ2) is 8.43. The van der Waals surface area contributed by atoms with E-state index in [0.29, 0.717) is 29.0 Å². The fourth-order valence-electron chi connectivity index (χ4n) is 3.92. The summed E-state index contributed by atoms with van der Waals surface area (Å²) in [7, 11) is 1.62. The number of rotatable bonds is 5. The Bertz CT molecular complexity index is 1590. The topological polar surface area (TPSA) is 101 Å². The van der Waals surface area contributed by atoms with E-state index in [2.05, 4.69) is 15.3 Å². The molecule has 0 N–H and O–H groups in total. The molecule has 0 aliphatic rings. The molecule has 5 rings (SSSR count). The van der Waals surface area contributed by atoms with Gasteiger partial charge in [-0.15, -0.1) is 10.2 Å². The summed E-state index contributed by atoms with van der Waals surface area (Å²) in [5.41, 5.74) is 4.52. The van der Waals surface area contributed by atoms with Crippen LogP contribution < -0.4 is 10.3 Å². The lowest BCUT2D eigenvalue weighted by Crippen LogP contribution is -2.20. The molecule has 2 aromatic carbocycles. The number of aromatic nitrogens is 5. The lowest BCUT2D eigenvalue weighted by molar-refractivity contribution is 0.0526. The van der Waals surface area contributed by atoms with E-state index in [9.17, 15) is 9.59 Å². The van der Waals surface area contributed by atoms with Gasteiger partial charge in [-0.3, -0.25) is 9.36 Å². The number of fused-ring (bicyclic) bond motifs is 3. The van der Waals surface area contributed by atoms with Gasteiger partial charge in [-0.1, -0.05) is 12.1 Å². The lowest BCUT2D eigenvalue weighted by Gasteiger charge is -2.08. The molecule has 0 spiro atoms. The van der Waals surface area contributed by atoms with Gasteiger partial charge >= 0.3 is 5.97 Å². The number of hydrogen-bond acceptors (Lipinski definition) is 7. The van der Waals surface area contributed by atoms with Crippen molar-refractivity contribution < 1.29 is 14.3 Å². The summed E-state index contributed by atoms with van der Waals surface area (Å²) >= 11 is 0. The Morgan fingerprint density at radius 1 is 1.00 bits per heavy atom. The summed E-state index contributed by atoms with van der Waals surface area (Å²) in [6.07, 6.45) is 1.66. The predicted molar refractivity (Wildman–Crippen MR) is 127 cm³/mol. The molecule has 0 amide bonds. The molecule has 0 fully saturated rings. The SMILES string of the molecule is CCOC(=O)c1ccc(-n2ccc3c(nnc4c(-c5ccc(OC)cc5)c(C)nn43)c2=O)cc1. The Balaban J connectivity index is 1.60. The van der Waals surface area contributed by atoms with Crippen molar-refractivity contribution >= 4 is 22.6 Å². The minimum atomic E-state index is -0.408. The third kappa shape index (κ3) is 3.47. The van der Waals surface area contributed by atoms with Crippen LogP contribution in [-0.2, 0) is 4.74 Å². The number of ether oxygens (including phenoxy) is 2. The zero-order chi connectivity index (χ0) is 23.8. The molecule has 0 saturated heterocycles. The van der Waals surface area contributed by atoms with Crippen molar-refractivity contribution in [2.45, 2.75) is 13.8 Å². The Hall–Kier alpha value is -4.53. The van der Waals surface area contributed by atoms with Crippen LogP contribution in [0.25, 0.3) is 33.5 Å². The largest absolute Gasteiger partial charge is 0.497 e. The van der Waals surface area contributed by atoms with E-state index >= 15 is 0 Å². The second-order valence-corrected chi connectivity index (χ2v) is 7.62. The molecule has 170 valence electrons. The van der Waals surface area contributed by atoms with Crippen molar-refractivity contribution in [2.24, 2.45) is 0 Å². The predicted octanol–water partition coefficient (Wildman–Crippen LogP) is 3.59. The molecule has 3 aromatic heterocycles. The fourth-order valence-corrected chi connectivity index (χ4v) is 3.92. The number of esters is 1. The number of carbonyl (C=O) groups is 1. The highest BCUT2D eigenvalue weighted by Crippen LogP contribution is 2.29. The van der Waals surface area contributed by atoms with Crippen LogP contribution in [0.4, 0.5) is 0 Å². The van der Waals surface area contributed by atoms with E-state index < -0.39 is 5.97 Å². The van der Waals surface area contributed by atoms with E-state index in [1.54, 1.807) is 55.1 Å². The van der Waals surface area contributed by atoms with E-state index in [4.69, 9.17) is 9.47 Å². The number of nitrogens with zero attached hydrogens (tertiary/aromatic N) is 5. The van der Waals surface area contributed by atoms with Crippen LogP contribution in [0.3, 0.4) is 0 Å². The van der Waals surface area contributed by atoms with Gasteiger partial charge in [0.1, 0.15) is 11.3 Å². The van der Waals surface area contributed by atoms with Gasteiger partial charge in [-0.05, 0) is 61.9 Å². The summed E-state index contributed by atoms with van der Waals surface area (Å²) in [4.78, 5) is 25.1. The molecule has 9 nitrogen and oxygen atoms in total. The number of benzene rings is 2. The van der Waals surface area contributed by atoms with Gasteiger partial charge in [-0.2, -0.15) is 5.10 Å². The summed E-state index contributed by atoms with van der Waals surface area (Å²) in [6, 6.07) is 16.0. The van der Waals surface area contributed by atoms with Crippen LogP contribution in [0.1, 0.15) is 23.0 Å². The number of aryl methyl sites for hydroxylation is 1. The highest BCUT2D eigenvalue weighted by molar-refractivity contribution is 5.89. The maximum atomic E-state index is 13.2. The minimum absolute atomic E-state index is 0.188. The third-order valence-electron chi connectivity index (χ3n) is 5.59. The Kier molecular flexibility index (Phi) is 5.29. The van der Waals surface area contributed by atoms with Gasteiger partial charge in [-0.25, -0.2) is 9.31 Å². The third-order valence-corrected chi connectivity index (χ3v) is 5.59. The normalized spacial score (nSPS) is 11.1. The van der Waals surface area contributed by atoms with Crippen LogP contribution in [0, 0.1) is 6.92 Å². The van der Waals surface area contributed by atoms with Gasteiger partial charge in [0, 0.05) is 11.9 Å². The molecule has 0 unspecified atom stereocenters. The molecule has 34 heavy (non-hydrogen) atoms. The fraction of sp³-hybridized carbons (Fsp3) is 0.160. The van der Waals surface area contributed by atoms with E-state index in [1.807, 2.05) is 31.2 Å². The molecule has 0 radical (unpaired) electrons. The van der Waals surface area contributed by atoms with Gasteiger partial charge in [0.15, 0.2) is 11.2 Å². The maximum absolute atomic E-state index is 13.2. The standard InChI is InChI=1S/C25H21N5O4/c1-4-34-25(32)17-5-9-18(10-6-17)29-14-13-20-22(24(29)31)26-27-23-21(15(2)28-30(20)23)16-7-11-19(33-3)12-8-16/h5-14H,4H2,1-3H3. The highest BCUT2D eigenvalue weighted by Gasteiger charge is 2.18. The van der Waals surface area contributed by atoms with E-state index in [-0.39, 0.29) is 11.1 Å². The quantitative estimate of drug-likeness (QED) is 0.373.